The topological polar surface area (TPSA) is 36.7 Å². The minimum atomic E-state index is 0.245. The van der Waals surface area contributed by atoms with Crippen molar-refractivity contribution in [2.45, 2.75) is 6.92 Å². The van der Waals surface area contributed by atoms with Crippen molar-refractivity contribution in [1.29, 1.82) is 5.26 Å². The Labute approximate surface area is 109 Å². The van der Waals surface area contributed by atoms with Gasteiger partial charge in [0.1, 0.15) is 6.07 Å². The van der Waals surface area contributed by atoms with Crippen molar-refractivity contribution in [2.75, 3.05) is 0 Å². The molecule has 0 unspecified atom stereocenters. The van der Waals surface area contributed by atoms with Crippen molar-refractivity contribution >= 4 is 23.2 Å². The van der Waals surface area contributed by atoms with Crippen LogP contribution in [0.15, 0.2) is 30.5 Å². The van der Waals surface area contributed by atoms with Crippen molar-refractivity contribution < 1.29 is 0 Å². The molecule has 0 aliphatic carbocycles. The van der Waals surface area contributed by atoms with E-state index in [9.17, 15) is 0 Å². The van der Waals surface area contributed by atoms with Gasteiger partial charge < -0.3 is 0 Å². The highest BCUT2D eigenvalue weighted by molar-refractivity contribution is 6.32. The standard InChI is InChI=1S/C13H8Cl2N2/c1-8-11(7-17-12(6-16)13(8)15)9-3-2-4-10(14)5-9/h2-5,7H,1H3. The van der Waals surface area contributed by atoms with Crippen LogP contribution < -0.4 is 0 Å². The van der Waals surface area contributed by atoms with Crippen LogP contribution in [0.3, 0.4) is 0 Å². The Morgan fingerprint density at radius 2 is 2.06 bits per heavy atom. The average molecular weight is 263 g/mol. The van der Waals surface area contributed by atoms with E-state index in [0.717, 1.165) is 16.7 Å². The summed E-state index contributed by atoms with van der Waals surface area (Å²) in [6, 6.07) is 9.40. The number of rotatable bonds is 1. The zero-order valence-electron chi connectivity index (χ0n) is 9.04. The third-order valence-electron chi connectivity index (χ3n) is 2.51. The highest BCUT2D eigenvalue weighted by atomic mass is 35.5. The number of halogens is 2. The molecular weight excluding hydrogens is 255 g/mol. The van der Waals surface area contributed by atoms with Crippen LogP contribution in [0.2, 0.25) is 10.0 Å². The molecule has 1 heterocycles. The first-order valence-corrected chi connectivity index (χ1v) is 5.70. The van der Waals surface area contributed by atoms with Crippen LogP contribution in [0.25, 0.3) is 11.1 Å². The smallest absolute Gasteiger partial charge is 0.159 e. The molecule has 2 rings (SSSR count). The fraction of sp³-hybridized carbons (Fsp3) is 0.0769. The molecule has 1 aromatic heterocycles. The number of aromatic nitrogens is 1. The highest BCUT2D eigenvalue weighted by Gasteiger charge is 2.10. The minimum absolute atomic E-state index is 0.245. The lowest BCUT2D eigenvalue weighted by Gasteiger charge is -2.08. The molecular formula is C13H8Cl2N2. The van der Waals surface area contributed by atoms with Crippen LogP contribution in [-0.2, 0) is 0 Å². The van der Waals surface area contributed by atoms with Gasteiger partial charge in [-0.15, -0.1) is 0 Å². The third kappa shape index (κ3) is 2.26. The fourth-order valence-electron chi connectivity index (χ4n) is 1.60. The molecule has 2 nitrogen and oxygen atoms in total. The second-order valence-electron chi connectivity index (χ2n) is 3.58. The molecule has 4 heteroatoms. The quantitative estimate of drug-likeness (QED) is 0.771. The summed E-state index contributed by atoms with van der Waals surface area (Å²) in [5.41, 5.74) is 2.90. The van der Waals surface area contributed by atoms with E-state index in [4.69, 9.17) is 28.5 Å². The lowest BCUT2D eigenvalue weighted by Crippen LogP contribution is -1.92. The minimum Gasteiger partial charge on any atom is -0.243 e. The van der Waals surface area contributed by atoms with Gasteiger partial charge in [0.15, 0.2) is 5.69 Å². The molecule has 0 saturated heterocycles. The predicted octanol–water partition coefficient (Wildman–Crippen LogP) is 4.24. The second-order valence-corrected chi connectivity index (χ2v) is 4.40. The van der Waals surface area contributed by atoms with Crippen LogP contribution in [0.5, 0.6) is 0 Å². The van der Waals surface area contributed by atoms with Gasteiger partial charge in [-0.05, 0) is 30.2 Å². The van der Waals surface area contributed by atoms with Crippen LogP contribution in [0.4, 0.5) is 0 Å². The number of nitrogens with zero attached hydrogens (tertiary/aromatic N) is 2. The van der Waals surface area contributed by atoms with Crippen molar-refractivity contribution in [3.8, 4) is 17.2 Å². The molecule has 0 atom stereocenters. The molecule has 84 valence electrons. The van der Waals surface area contributed by atoms with E-state index in [0.29, 0.717) is 10.0 Å². The molecule has 17 heavy (non-hydrogen) atoms. The Kier molecular flexibility index (Phi) is 3.33. The van der Waals surface area contributed by atoms with E-state index in [1.54, 1.807) is 12.3 Å². The molecule has 0 N–H and O–H groups in total. The van der Waals surface area contributed by atoms with Crippen LogP contribution in [0.1, 0.15) is 11.3 Å². The van der Waals surface area contributed by atoms with Gasteiger partial charge in [0.05, 0.1) is 5.02 Å². The summed E-state index contributed by atoms with van der Waals surface area (Å²) in [6.45, 7) is 1.86. The summed E-state index contributed by atoms with van der Waals surface area (Å²) < 4.78 is 0. The fourth-order valence-corrected chi connectivity index (χ4v) is 1.99. The molecule has 0 bridgehead atoms. The summed E-state index contributed by atoms with van der Waals surface area (Å²) in [5, 5.41) is 9.88. The number of hydrogen-bond acceptors (Lipinski definition) is 2. The van der Waals surface area contributed by atoms with Gasteiger partial charge in [-0.25, -0.2) is 4.98 Å². The Balaban J connectivity index is 2.62. The predicted molar refractivity (Wildman–Crippen MR) is 69.1 cm³/mol. The largest absolute Gasteiger partial charge is 0.243 e. The van der Waals surface area contributed by atoms with Crippen molar-refractivity contribution in [3.05, 3.63) is 51.8 Å². The maximum atomic E-state index is 8.83. The Morgan fingerprint density at radius 1 is 1.29 bits per heavy atom. The summed E-state index contributed by atoms with van der Waals surface area (Å²) in [4.78, 5) is 4.03. The molecule has 0 saturated carbocycles. The summed E-state index contributed by atoms with van der Waals surface area (Å²) in [6.07, 6.45) is 1.64. The van der Waals surface area contributed by atoms with Gasteiger partial charge >= 0.3 is 0 Å². The van der Waals surface area contributed by atoms with Gasteiger partial charge in [0.25, 0.3) is 0 Å². The summed E-state index contributed by atoms with van der Waals surface area (Å²) >= 11 is 12.0. The Hall–Kier alpha value is -1.56. The van der Waals surface area contributed by atoms with Crippen molar-refractivity contribution in [2.24, 2.45) is 0 Å². The second kappa shape index (κ2) is 4.75. The normalized spacial score (nSPS) is 10.0. The molecule has 0 amide bonds. The lowest BCUT2D eigenvalue weighted by molar-refractivity contribution is 1.23. The monoisotopic (exact) mass is 262 g/mol. The molecule has 0 radical (unpaired) electrons. The van der Waals surface area contributed by atoms with E-state index in [-0.39, 0.29) is 5.69 Å². The highest BCUT2D eigenvalue weighted by Crippen LogP contribution is 2.30. The Bertz CT molecular complexity index is 615. The maximum Gasteiger partial charge on any atom is 0.159 e. The van der Waals surface area contributed by atoms with Gasteiger partial charge in [-0.1, -0.05) is 35.3 Å². The number of benzene rings is 1. The molecule has 0 aliphatic rings. The van der Waals surface area contributed by atoms with E-state index in [1.807, 2.05) is 31.2 Å². The van der Waals surface area contributed by atoms with E-state index in [2.05, 4.69) is 4.98 Å². The zero-order valence-corrected chi connectivity index (χ0v) is 10.5. The number of nitriles is 1. The van der Waals surface area contributed by atoms with E-state index >= 15 is 0 Å². The van der Waals surface area contributed by atoms with Crippen molar-refractivity contribution in [1.82, 2.24) is 4.98 Å². The summed E-state index contributed by atoms with van der Waals surface area (Å²) in [5.74, 6) is 0. The maximum absolute atomic E-state index is 8.83. The van der Waals surface area contributed by atoms with Crippen LogP contribution in [-0.4, -0.2) is 4.98 Å². The number of hydrogen-bond donors (Lipinski definition) is 0. The summed E-state index contributed by atoms with van der Waals surface area (Å²) in [7, 11) is 0. The van der Waals surface area contributed by atoms with E-state index in [1.165, 1.54) is 0 Å². The van der Waals surface area contributed by atoms with E-state index < -0.39 is 0 Å². The van der Waals surface area contributed by atoms with Crippen molar-refractivity contribution in [3.63, 3.8) is 0 Å². The lowest BCUT2D eigenvalue weighted by atomic mass is 10.0. The first-order chi connectivity index (χ1) is 8.13. The number of pyridine rings is 1. The SMILES string of the molecule is Cc1c(-c2cccc(Cl)c2)cnc(C#N)c1Cl. The average Bonchev–Trinajstić information content (AvgIpc) is 2.32. The van der Waals surface area contributed by atoms with Gasteiger partial charge in [0.2, 0.25) is 0 Å². The van der Waals surface area contributed by atoms with Gasteiger partial charge in [-0.2, -0.15) is 5.26 Å². The van der Waals surface area contributed by atoms with Gasteiger partial charge in [0, 0.05) is 16.8 Å². The Morgan fingerprint density at radius 3 is 2.71 bits per heavy atom. The molecule has 1 aromatic carbocycles. The van der Waals surface area contributed by atoms with Crippen LogP contribution in [0, 0.1) is 18.3 Å². The molecule has 0 aliphatic heterocycles. The molecule has 0 fully saturated rings. The first kappa shape index (κ1) is 11.9. The first-order valence-electron chi connectivity index (χ1n) is 4.94. The molecule has 0 spiro atoms. The van der Waals surface area contributed by atoms with Crippen LogP contribution >= 0.6 is 23.2 Å². The molecule has 2 aromatic rings. The third-order valence-corrected chi connectivity index (χ3v) is 3.20. The zero-order chi connectivity index (χ0) is 12.4. The van der Waals surface area contributed by atoms with Gasteiger partial charge in [-0.3, -0.25) is 0 Å².